The Morgan fingerprint density at radius 2 is 1.93 bits per heavy atom. The van der Waals surface area contributed by atoms with Crippen molar-refractivity contribution in [3.8, 4) is 0 Å². The molecule has 27 heavy (non-hydrogen) atoms. The van der Waals surface area contributed by atoms with E-state index in [4.69, 9.17) is 16.3 Å². The molecule has 1 heterocycles. The Balaban J connectivity index is 1.53. The first-order chi connectivity index (χ1) is 12.8. The van der Waals surface area contributed by atoms with Crippen molar-refractivity contribution in [1.29, 1.82) is 0 Å². The van der Waals surface area contributed by atoms with Crippen LogP contribution < -0.4 is 5.32 Å². The van der Waals surface area contributed by atoms with Gasteiger partial charge in [-0.1, -0.05) is 30.7 Å². The maximum atomic E-state index is 12.8. The number of benzene rings is 1. The van der Waals surface area contributed by atoms with Crippen LogP contribution in [-0.4, -0.2) is 46.7 Å². The molecule has 1 aliphatic carbocycles. The highest BCUT2D eigenvalue weighted by Crippen LogP contribution is 2.36. The summed E-state index contributed by atoms with van der Waals surface area (Å²) in [4.78, 5) is 26.2. The molecule has 1 aromatic rings. The molecule has 148 valence electrons. The van der Waals surface area contributed by atoms with Gasteiger partial charge in [-0.25, -0.2) is 4.79 Å². The molecule has 0 bridgehead atoms. The van der Waals surface area contributed by atoms with Crippen molar-refractivity contribution in [2.45, 2.75) is 57.3 Å². The number of hydrogen-bond donors (Lipinski definition) is 2. The number of aliphatic hydroxyl groups excluding tert-OH is 1. The second kappa shape index (κ2) is 8.17. The number of aliphatic hydroxyl groups is 1. The first-order valence-electron chi connectivity index (χ1n) is 9.50. The number of rotatable bonds is 6. The van der Waals surface area contributed by atoms with Gasteiger partial charge in [-0.05, 0) is 56.2 Å². The number of β-amino-alcohol motifs (C(OH)–C–C–N with tert-alkyl or cyclic N) is 1. The van der Waals surface area contributed by atoms with Gasteiger partial charge in [0, 0.05) is 5.02 Å². The summed E-state index contributed by atoms with van der Waals surface area (Å²) in [5.74, 6) is 0.354. The number of carbonyl (C=O) groups is 2. The summed E-state index contributed by atoms with van der Waals surface area (Å²) in [6.45, 7) is 4.01. The fourth-order valence-electron chi connectivity index (χ4n) is 3.78. The minimum atomic E-state index is -0.938. The second-order valence-corrected chi connectivity index (χ2v) is 8.23. The first-order valence-corrected chi connectivity index (χ1v) is 9.88. The third-order valence-electron chi connectivity index (χ3n) is 5.65. The lowest BCUT2D eigenvalue weighted by Gasteiger charge is -2.33. The number of halogens is 1. The van der Waals surface area contributed by atoms with Crippen molar-refractivity contribution >= 4 is 23.5 Å². The number of nitrogens with one attached hydrogen (secondary N) is 1. The molecule has 1 aliphatic heterocycles. The van der Waals surface area contributed by atoms with Crippen LogP contribution in [0.15, 0.2) is 24.3 Å². The lowest BCUT2D eigenvalue weighted by Crippen LogP contribution is -2.49. The molecule has 2 unspecified atom stereocenters. The number of carbonyl (C=O) groups excluding carboxylic acids is 2. The quantitative estimate of drug-likeness (QED) is 0.726. The van der Waals surface area contributed by atoms with Crippen molar-refractivity contribution in [1.82, 2.24) is 10.2 Å². The molecule has 0 aromatic heterocycles. The smallest absolute Gasteiger partial charge is 0.325 e. The van der Waals surface area contributed by atoms with Gasteiger partial charge >= 0.3 is 6.03 Å². The molecule has 2 aliphatic rings. The number of nitrogens with zero attached hydrogens (tertiary/aromatic N) is 1. The molecule has 3 amide bonds. The average Bonchev–Trinajstić information content (AvgIpc) is 2.87. The molecule has 2 atom stereocenters. The van der Waals surface area contributed by atoms with Gasteiger partial charge in [0.2, 0.25) is 0 Å². The van der Waals surface area contributed by atoms with Gasteiger partial charge in [-0.3, -0.25) is 9.69 Å². The molecule has 1 spiro atoms. The van der Waals surface area contributed by atoms with Gasteiger partial charge in [0.15, 0.2) is 0 Å². The number of ether oxygens (including phenoxy) is 1. The fraction of sp³-hybridized carbons (Fsp3) is 0.600. The van der Waals surface area contributed by atoms with Gasteiger partial charge in [0.25, 0.3) is 5.91 Å². The maximum absolute atomic E-state index is 12.8. The molecule has 1 saturated carbocycles. The van der Waals surface area contributed by atoms with E-state index in [2.05, 4.69) is 12.2 Å². The highest BCUT2D eigenvalue weighted by molar-refractivity contribution is 6.30. The standard InChI is InChI=1S/C20H27ClN2O4/c1-13-7-9-20(10-8-13)18(25)23(19(26)22-20)11-17(24)12-27-14(2)15-3-5-16(21)6-4-15/h3-6,13-14,17,24H,7-12H2,1-2H3,(H,22,26). The largest absolute Gasteiger partial charge is 0.389 e. The fourth-order valence-corrected chi connectivity index (χ4v) is 3.91. The predicted octanol–water partition coefficient (Wildman–Crippen LogP) is 3.28. The first kappa shape index (κ1) is 20.1. The minimum Gasteiger partial charge on any atom is -0.389 e. The molecular weight excluding hydrogens is 368 g/mol. The Morgan fingerprint density at radius 3 is 2.56 bits per heavy atom. The molecule has 1 aromatic carbocycles. The lowest BCUT2D eigenvalue weighted by molar-refractivity contribution is -0.134. The molecule has 2 fully saturated rings. The Morgan fingerprint density at radius 1 is 1.30 bits per heavy atom. The molecule has 7 heteroatoms. The van der Waals surface area contributed by atoms with E-state index in [1.165, 1.54) is 0 Å². The van der Waals surface area contributed by atoms with Crippen molar-refractivity contribution in [3.63, 3.8) is 0 Å². The topological polar surface area (TPSA) is 78.9 Å². The van der Waals surface area contributed by atoms with Crippen LogP contribution in [0.2, 0.25) is 5.02 Å². The third-order valence-corrected chi connectivity index (χ3v) is 5.90. The number of urea groups is 1. The normalized spacial score (nSPS) is 27.7. The van der Waals surface area contributed by atoms with Crippen LogP contribution in [0.4, 0.5) is 4.79 Å². The average molecular weight is 395 g/mol. The summed E-state index contributed by atoms with van der Waals surface area (Å²) in [5.41, 5.74) is 0.165. The zero-order valence-corrected chi connectivity index (χ0v) is 16.5. The molecular formula is C20H27ClN2O4. The minimum absolute atomic E-state index is 0.0326. The summed E-state index contributed by atoms with van der Waals surface area (Å²) in [6, 6.07) is 6.88. The summed E-state index contributed by atoms with van der Waals surface area (Å²) in [6.07, 6.45) is 2.00. The van der Waals surface area contributed by atoms with Crippen LogP contribution in [0.3, 0.4) is 0 Å². The van der Waals surface area contributed by atoms with Crippen LogP contribution in [0.5, 0.6) is 0 Å². The van der Waals surface area contributed by atoms with E-state index in [1.54, 1.807) is 12.1 Å². The lowest BCUT2D eigenvalue weighted by atomic mass is 9.77. The SMILES string of the molecule is CC1CCC2(CC1)NC(=O)N(CC(O)COC(C)c1ccc(Cl)cc1)C2=O. The third kappa shape index (κ3) is 4.45. The molecule has 1 saturated heterocycles. The molecule has 6 nitrogen and oxygen atoms in total. The van der Waals surface area contributed by atoms with E-state index in [1.807, 2.05) is 19.1 Å². The number of hydrogen-bond acceptors (Lipinski definition) is 4. The Kier molecular flexibility index (Phi) is 6.08. The Bertz CT molecular complexity index is 686. The zero-order chi connectivity index (χ0) is 19.6. The maximum Gasteiger partial charge on any atom is 0.325 e. The highest BCUT2D eigenvalue weighted by Gasteiger charge is 2.52. The van der Waals surface area contributed by atoms with Gasteiger partial charge in [0.1, 0.15) is 5.54 Å². The van der Waals surface area contributed by atoms with Crippen molar-refractivity contribution in [2.24, 2.45) is 5.92 Å². The van der Waals surface area contributed by atoms with E-state index < -0.39 is 17.7 Å². The van der Waals surface area contributed by atoms with Crippen LogP contribution in [0, 0.1) is 5.92 Å². The zero-order valence-electron chi connectivity index (χ0n) is 15.8. The molecule has 3 rings (SSSR count). The van der Waals surface area contributed by atoms with Crippen molar-refractivity contribution < 1.29 is 19.4 Å². The van der Waals surface area contributed by atoms with Gasteiger partial charge in [-0.2, -0.15) is 0 Å². The summed E-state index contributed by atoms with van der Waals surface area (Å²) >= 11 is 5.88. The van der Waals surface area contributed by atoms with E-state index in [0.29, 0.717) is 23.8 Å². The summed E-state index contributed by atoms with van der Waals surface area (Å²) in [5, 5.41) is 13.8. The van der Waals surface area contributed by atoms with Crippen LogP contribution in [0.25, 0.3) is 0 Å². The Labute approximate surface area is 164 Å². The highest BCUT2D eigenvalue weighted by atomic mass is 35.5. The van der Waals surface area contributed by atoms with Crippen LogP contribution in [0.1, 0.15) is 51.2 Å². The summed E-state index contributed by atoms with van der Waals surface area (Å²) in [7, 11) is 0. The number of imide groups is 1. The Hall–Kier alpha value is -1.63. The van der Waals surface area contributed by atoms with E-state index >= 15 is 0 Å². The van der Waals surface area contributed by atoms with Crippen LogP contribution in [-0.2, 0) is 9.53 Å². The second-order valence-electron chi connectivity index (χ2n) is 7.79. The molecule has 0 radical (unpaired) electrons. The van der Waals surface area contributed by atoms with Gasteiger partial charge in [-0.15, -0.1) is 0 Å². The molecule has 2 N–H and O–H groups in total. The van der Waals surface area contributed by atoms with Crippen molar-refractivity contribution in [2.75, 3.05) is 13.2 Å². The van der Waals surface area contributed by atoms with E-state index in [-0.39, 0.29) is 25.2 Å². The van der Waals surface area contributed by atoms with E-state index in [0.717, 1.165) is 23.3 Å². The van der Waals surface area contributed by atoms with Crippen LogP contribution >= 0.6 is 11.6 Å². The van der Waals surface area contributed by atoms with Gasteiger partial charge in [0.05, 0.1) is 25.4 Å². The van der Waals surface area contributed by atoms with Gasteiger partial charge < -0.3 is 15.2 Å². The van der Waals surface area contributed by atoms with E-state index in [9.17, 15) is 14.7 Å². The number of amides is 3. The van der Waals surface area contributed by atoms with Crippen molar-refractivity contribution in [3.05, 3.63) is 34.9 Å². The monoisotopic (exact) mass is 394 g/mol. The summed E-state index contributed by atoms with van der Waals surface area (Å²) < 4.78 is 5.70. The predicted molar refractivity (Wildman–Crippen MR) is 102 cm³/mol.